The Morgan fingerprint density at radius 1 is 1.03 bits per heavy atom. The van der Waals surface area contributed by atoms with E-state index in [4.69, 9.17) is 11.6 Å². The lowest BCUT2D eigenvalue weighted by Gasteiger charge is -2.27. The molecule has 0 bridgehead atoms. The Hall–Kier alpha value is -3.69. The summed E-state index contributed by atoms with van der Waals surface area (Å²) < 4.78 is 31.8. The Labute approximate surface area is 195 Å². The topological polar surface area (TPSA) is 105 Å². The number of esters is 1. The summed E-state index contributed by atoms with van der Waals surface area (Å²) in [6, 6.07) is 19.5. The van der Waals surface area contributed by atoms with E-state index in [9.17, 15) is 18.0 Å². The summed E-state index contributed by atoms with van der Waals surface area (Å²) in [6.45, 7) is -0.542. The molecule has 1 heterocycles. The molecule has 1 N–H and O–H groups in total. The number of nitrogens with one attached hydrogen (secondary N) is 1. The third kappa shape index (κ3) is 4.59. The Kier molecular flexibility index (Phi) is 6.17. The number of methoxy groups -OCH3 is 1. The molecule has 10 heteroatoms. The molecule has 0 aliphatic carbocycles. The van der Waals surface area contributed by atoms with Gasteiger partial charge in [-0.05, 0) is 42.5 Å². The van der Waals surface area contributed by atoms with E-state index >= 15 is 0 Å². The maximum absolute atomic E-state index is 13.2. The maximum Gasteiger partial charge on any atom is 0.337 e. The van der Waals surface area contributed by atoms with Crippen LogP contribution in [0.15, 0.2) is 82.8 Å². The molecule has 0 spiro atoms. The largest absolute Gasteiger partial charge is 0.465 e. The average Bonchev–Trinajstić information content (AvgIpc) is 2.81. The highest BCUT2D eigenvalue weighted by Crippen LogP contribution is 2.31. The lowest BCUT2D eigenvalue weighted by molar-refractivity contribution is -0.116. The molecule has 0 saturated heterocycles. The first-order valence-corrected chi connectivity index (χ1v) is 11.6. The molecule has 4 rings (SSSR count). The fraction of sp³-hybridized carbons (Fsp3) is 0.0870. The molecule has 168 valence electrons. The normalized spacial score (nSPS) is 14.1. The van der Waals surface area contributed by atoms with Crippen molar-refractivity contribution in [3.8, 4) is 0 Å². The van der Waals surface area contributed by atoms with Crippen molar-refractivity contribution in [2.45, 2.75) is 4.90 Å². The predicted octanol–water partition coefficient (Wildman–Crippen LogP) is 3.52. The molecule has 0 radical (unpaired) electrons. The highest BCUT2D eigenvalue weighted by Gasteiger charge is 2.34. The number of anilines is 1. The standard InChI is InChI=1S/C23H18ClN3O5S/c1-32-23(29)16-7-10-18(11-8-16)25-21(28)14-27-26-22(15-5-3-2-4-6-15)19-13-17(24)9-12-20(19)33(27,30)31/h2-13H,14H2,1H3,(H,25,28). The van der Waals surface area contributed by atoms with Crippen LogP contribution in [-0.2, 0) is 19.6 Å². The van der Waals surface area contributed by atoms with E-state index in [0.717, 1.165) is 4.41 Å². The molecule has 1 aliphatic heterocycles. The number of rotatable bonds is 5. The summed E-state index contributed by atoms with van der Waals surface area (Å²) in [5, 5.41) is 7.28. The summed E-state index contributed by atoms with van der Waals surface area (Å²) in [6.07, 6.45) is 0. The zero-order valence-electron chi connectivity index (χ0n) is 17.4. The summed E-state index contributed by atoms with van der Waals surface area (Å²) in [5.74, 6) is -1.10. The second-order valence-corrected chi connectivity index (χ2v) is 9.31. The van der Waals surface area contributed by atoms with Crippen LogP contribution in [0.1, 0.15) is 21.5 Å². The van der Waals surface area contributed by atoms with Crippen molar-refractivity contribution in [1.29, 1.82) is 0 Å². The molecule has 1 amide bonds. The van der Waals surface area contributed by atoms with Gasteiger partial charge < -0.3 is 10.1 Å². The summed E-state index contributed by atoms with van der Waals surface area (Å²) in [5.41, 5.74) is 2.14. The first kappa shape index (κ1) is 22.5. The van der Waals surface area contributed by atoms with Crippen LogP contribution < -0.4 is 5.32 Å². The third-order valence-corrected chi connectivity index (χ3v) is 6.79. The molecule has 33 heavy (non-hydrogen) atoms. The molecule has 0 atom stereocenters. The number of fused-ring (bicyclic) bond motifs is 1. The molecule has 1 aliphatic rings. The number of benzene rings is 3. The Morgan fingerprint density at radius 2 is 1.73 bits per heavy atom. The van der Waals surface area contributed by atoms with Gasteiger partial charge in [0.15, 0.2) is 0 Å². The van der Waals surface area contributed by atoms with Crippen LogP contribution in [0, 0.1) is 0 Å². The molecule has 0 aromatic heterocycles. The predicted molar refractivity (Wildman–Crippen MR) is 124 cm³/mol. The van der Waals surface area contributed by atoms with Crippen LogP contribution >= 0.6 is 11.6 Å². The van der Waals surface area contributed by atoms with Crippen molar-refractivity contribution in [3.63, 3.8) is 0 Å². The fourth-order valence-corrected chi connectivity index (χ4v) is 4.85. The lowest BCUT2D eigenvalue weighted by atomic mass is 10.0. The number of amides is 1. The van der Waals surface area contributed by atoms with Gasteiger partial charge in [-0.1, -0.05) is 41.9 Å². The molecule has 0 fully saturated rings. The van der Waals surface area contributed by atoms with Gasteiger partial charge in [0.05, 0.1) is 17.6 Å². The average molecular weight is 484 g/mol. The first-order valence-electron chi connectivity index (χ1n) is 9.74. The van der Waals surface area contributed by atoms with E-state index in [0.29, 0.717) is 33.1 Å². The van der Waals surface area contributed by atoms with Gasteiger partial charge in [0.2, 0.25) is 5.91 Å². The Morgan fingerprint density at radius 3 is 2.39 bits per heavy atom. The summed E-state index contributed by atoms with van der Waals surface area (Å²) in [4.78, 5) is 24.2. The van der Waals surface area contributed by atoms with E-state index in [1.165, 1.54) is 43.5 Å². The Bertz CT molecular complexity index is 1360. The van der Waals surface area contributed by atoms with Crippen molar-refractivity contribution >= 4 is 44.9 Å². The number of carbonyl (C=O) groups excluding carboxylic acids is 2. The molecule has 0 unspecified atom stereocenters. The summed E-state index contributed by atoms with van der Waals surface area (Å²) >= 11 is 6.12. The van der Waals surface area contributed by atoms with Gasteiger partial charge in [-0.3, -0.25) is 4.79 Å². The number of hydrogen-bond donors (Lipinski definition) is 1. The second-order valence-electron chi connectivity index (χ2n) is 7.06. The number of carbonyl (C=O) groups is 2. The highest BCUT2D eigenvalue weighted by molar-refractivity contribution is 7.89. The molecule has 3 aromatic carbocycles. The van der Waals surface area contributed by atoms with Gasteiger partial charge in [0, 0.05) is 21.8 Å². The van der Waals surface area contributed by atoms with E-state index < -0.39 is 28.4 Å². The monoisotopic (exact) mass is 483 g/mol. The van der Waals surface area contributed by atoms with Crippen LogP contribution in [0.2, 0.25) is 5.02 Å². The van der Waals surface area contributed by atoms with Crippen molar-refractivity contribution in [2.75, 3.05) is 19.0 Å². The van der Waals surface area contributed by atoms with Crippen molar-refractivity contribution < 1.29 is 22.7 Å². The number of hydrazone groups is 1. The van der Waals surface area contributed by atoms with E-state index in [1.807, 2.05) is 6.07 Å². The minimum Gasteiger partial charge on any atom is -0.465 e. The van der Waals surface area contributed by atoms with E-state index in [2.05, 4.69) is 15.2 Å². The van der Waals surface area contributed by atoms with Crippen molar-refractivity contribution in [3.05, 3.63) is 94.5 Å². The SMILES string of the molecule is COC(=O)c1ccc(NC(=O)CN2N=C(c3ccccc3)c3cc(Cl)ccc3S2(=O)=O)cc1. The van der Waals surface area contributed by atoms with E-state index in [1.54, 1.807) is 30.3 Å². The minimum absolute atomic E-state index is 0.0102. The van der Waals surface area contributed by atoms with Gasteiger partial charge in [0.25, 0.3) is 10.0 Å². The van der Waals surface area contributed by atoms with Gasteiger partial charge in [-0.25, -0.2) is 4.79 Å². The fourth-order valence-electron chi connectivity index (χ4n) is 3.31. The molecule has 3 aromatic rings. The highest BCUT2D eigenvalue weighted by atomic mass is 35.5. The number of halogens is 1. The van der Waals surface area contributed by atoms with Gasteiger partial charge in [-0.2, -0.15) is 17.9 Å². The molecular weight excluding hydrogens is 466 g/mol. The zero-order valence-corrected chi connectivity index (χ0v) is 18.9. The first-order chi connectivity index (χ1) is 15.8. The van der Waals surface area contributed by atoms with Gasteiger partial charge in [0.1, 0.15) is 12.3 Å². The Balaban J connectivity index is 1.63. The van der Waals surface area contributed by atoms with Gasteiger partial charge in [-0.15, -0.1) is 0 Å². The molecule has 0 saturated carbocycles. The number of ether oxygens (including phenoxy) is 1. The number of nitrogens with zero attached hydrogens (tertiary/aromatic N) is 2. The maximum atomic E-state index is 13.2. The van der Waals surface area contributed by atoms with Crippen LogP contribution in [-0.4, -0.2) is 44.1 Å². The van der Waals surface area contributed by atoms with Gasteiger partial charge >= 0.3 is 5.97 Å². The molecule has 8 nitrogen and oxygen atoms in total. The van der Waals surface area contributed by atoms with Crippen molar-refractivity contribution in [2.24, 2.45) is 5.10 Å². The van der Waals surface area contributed by atoms with Crippen LogP contribution in [0.25, 0.3) is 0 Å². The van der Waals surface area contributed by atoms with E-state index in [-0.39, 0.29) is 4.90 Å². The molecular formula is C23H18ClN3O5S. The number of sulfonamides is 1. The smallest absolute Gasteiger partial charge is 0.337 e. The van der Waals surface area contributed by atoms with Crippen LogP contribution in [0.5, 0.6) is 0 Å². The summed E-state index contributed by atoms with van der Waals surface area (Å²) in [7, 11) is -2.81. The second kappa shape index (κ2) is 9.05. The number of hydrogen-bond acceptors (Lipinski definition) is 6. The van der Waals surface area contributed by atoms with Crippen LogP contribution in [0.3, 0.4) is 0 Å². The minimum atomic E-state index is -4.08. The third-order valence-electron chi connectivity index (χ3n) is 4.88. The zero-order chi connectivity index (χ0) is 23.6. The lowest BCUT2D eigenvalue weighted by Crippen LogP contribution is -2.38. The quantitative estimate of drug-likeness (QED) is 0.559. The van der Waals surface area contributed by atoms with Crippen molar-refractivity contribution in [1.82, 2.24) is 4.41 Å². The van der Waals surface area contributed by atoms with Crippen LogP contribution in [0.4, 0.5) is 5.69 Å².